The third-order valence-corrected chi connectivity index (χ3v) is 3.76. The Labute approximate surface area is 146 Å². The molecule has 0 atom stereocenters. The van der Waals surface area contributed by atoms with E-state index in [4.69, 9.17) is 5.73 Å². The van der Waals surface area contributed by atoms with Crippen molar-refractivity contribution in [3.05, 3.63) is 34.8 Å². The van der Waals surface area contributed by atoms with Gasteiger partial charge in [0.1, 0.15) is 5.82 Å². The number of carbonyl (C=O) groups excluding carboxylic acids is 2. The number of nitrogens with one attached hydrogen (secondary N) is 1. The van der Waals surface area contributed by atoms with Gasteiger partial charge in [-0.3, -0.25) is 9.59 Å². The fraction of sp³-hybridized carbons (Fsp3) is 0.353. The molecule has 0 saturated heterocycles. The monoisotopic (exact) mass is 342 g/mol. The smallest absolute Gasteiger partial charge is 0.260 e. The minimum atomic E-state index is -0.488. The summed E-state index contributed by atoms with van der Waals surface area (Å²) < 4.78 is 1.63. The van der Waals surface area contributed by atoms with Gasteiger partial charge in [0, 0.05) is 24.6 Å². The van der Waals surface area contributed by atoms with Gasteiger partial charge in [-0.1, -0.05) is 6.92 Å². The van der Waals surface area contributed by atoms with E-state index in [1.54, 1.807) is 37.7 Å². The molecule has 0 aromatic carbocycles. The lowest BCUT2D eigenvalue weighted by Crippen LogP contribution is -2.22. The number of nitrogen functional groups attached to an aromatic ring is 1. The number of rotatable bonds is 6. The summed E-state index contributed by atoms with van der Waals surface area (Å²) in [5, 5.41) is 6.83. The van der Waals surface area contributed by atoms with Crippen molar-refractivity contribution in [1.29, 1.82) is 0 Å². The molecule has 2 aromatic rings. The van der Waals surface area contributed by atoms with E-state index < -0.39 is 5.91 Å². The van der Waals surface area contributed by atoms with E-state index in [-0.39, 0.29) is 23.7 Å². The molecule has 0 radical (unpaired) electrons. The van der Waals surface area contributed by atoms with Crippen molar-refractivity contribution >= 4 is 29.5 Å². The number of Topliss-reactive ketones (excluding diaryl/α,β-unsaturated/α-hetero) is 1. The quantitative estimate of drug-likeness (QED) is 0.470. The standard InChI is InChI=1S/C17H22N6O2/c1-5-14(24)13(9-12-10(3)20-17(18)21-11(12)4)16(25)22-15-7-8-19-23(15)6-2/h7-9H,5-6H2,1-4H3,(H,22,25)(H2,18,20,21)/b13-9+. The van der Waals surface area contributed by atoms with Gasteiger partial charge in [-0.2, -0.15) is 5.10 Å². The summed E-state index contributed by atoms with van der Waals surface area (Å²) in [6.45, 7) is 7.74. The number of aryl methyl sites for hydroxylation is 3. The summed E-state index contributed by atoms with van der Waals surface area (Å²) >= 11 is 0. The maximum atomic E-state index is 12.7. The SMILES string of the molecule is CCC(=O)/C(=C\c1c(C)nc(N)nc1C)C(=O)Nc1ccnn1CC. The van der Waals surface area contributed by atoms with Crippen molar-refractivity contribution in [2.24, 2.45) is 0 Å². The van der Waals surface area contributed by atoms with Crippen molar-refractivity contribution in [2.45, 2.75) is 40.7 Å². The van der Waals surface area contributed by atoms with Crippen LogP contribution in [0.15, 0.2) is 17.8 Å². The molecule has 132 valence electrons. The summed E-state index contributed by atoms with van der Waals surface area (Å²) in [6, 6.07) is 1.68. The Hall–Kier alpha value is -3.03. The van der Waals surface area contributed by atoms with Crippen LogP contribution in [0.1, 0.15) is 37.2 Å². The van der Waals surface area contributed by atoms with Gasteiger partial charge in [-0.15, -0.1) is 0 Å². The normalized spacial score (nSPS) is 11.4. The van der Waals surface area contributed by atoms with Gasteiger partial charge >= 0.3 is 0 Å². The van der Waals surface area contributed by atoms with E-state index in [1.165, 1.54) is 6.08 Å². The van der Waals surface area contributed by atoms with Crippen molar-refractivity contribution in [3.8, 4) is 0 Å². The Bertz CT molecular complexity index is 814. The molecule has 2 aromatic heterocycles. The largest absolute Gasteiger partial charge is 0.368 e. The first-order valence-corrected chi connectivity index (χ1v) is 8.06. The number of hydrogen-bond acceptors (Lipinski definition) is 6. The van der Waals surface area contributed by atoms with Crippen LogP contribution < -0.4 is 11.1 Å². The van der Waals surface area contributed by atoms with Crippen LogP contribution in [0, 0.1) is 13.8 Å². The third-order valence-electron chi connectivity index (χ3n) is 3.76. The van der Waals surface area contributed by atoms with Crippen LogP contribution >= 0.6 is 0 Å². The van der Waals surface area contributed by atoms with Crippen molar-refractivity contribution < 1.29 is 9.59 Å². The van der Waals surface area contributed by atoms with E-state index in [0.717, 1.165) is 0 Å². The number of nitrogens with zero attached hydrogens (tertiary/aromatic N) is 4. The second-order valence-electron chi connectivity index (χ2n) is 5.49. The summed E-state index contributed by atoms with van der Waals surface area (Å²) in [5.41, 5.74) is 7.51. The van der Waals surface area contributed by atoms with Crippen LogP contribution in [0.25, 0.3) is 6.08 Å². The van der Waals surface area contributed by atoms with Crippen LogP contribution in [0.3, 0.4) is 0 Å². The Kier molecular flexibility index (Phi) is 5.63. The second-order valence-corrected chi connectivity index (χ2v) is 5.49. The highest BCUT2D eigenvalue weighted by atomic mass is 16.2. The molecule has 2 heterocycles. The van der Waals surface area contributed by atoms with Gasteiger partial charge in [0.2, 0.25) is 5.95 Å². The molecule has 0 fully saturated rings. The minimum Gasteiger partial charge on any atom is -0.368 e. The number of anilines is 2. The molecular formula is C17H22N6O2. The van der Waals surface area contributed by atoms with Gasteiger partial charge in [-0.25, -0.2) is 14.6 Å². The lowest BCUT2D eigenvalue weighted by atomic mass is 10.0. The first-order valence-electron chi connectivity index (χ1n) is 8.06. The van der Waals surface area contributed by atoms with E-state index in [9.17, 15) is 9.59 Å². The van der Waals surface area contributed by atoms with Gasteiger partial charge in [0.05, 0.1) is 23.2 Å². The summed E-state index contributed by atoms with van der Waals surface area (Å²) in [7, 11) is 0. The Morgan fingerprint density at radius 3 is 2.44 bits per heavy atom. The first-order chi connectivity index (χ1) is 11.9. The number of ketones is 1. The summed E-state index contributed by atoms with van der Waals surface area (Å²) in [5.74, 6) is -0.0653. The van der Waals surface area contributed by atoms with Crippen LogP contribution in [0.2, 0.25) is 0 Å². The topological polar surface area (TPSA) is 116 Å². The number of carbonyl (C=O) groups is 2. The molecule has 0 spiro atoms. The molecule has 0 aliphatic rings. The second kappa shape index (κ2) is 7.69. The molecule has 0 saturated carbocycles. The van der Waals surface area contributed by atoms with Crippen molar-refractivity contribution in [1.82, 2.24) is 19.7 Å². The maximum Gasteiger partial charge on any atom is 0.260 e. The zero-order valence-corrected chi connectivity index (χ0v) is 14.8. The van der Waals surface area contributed by atoms with Crippen molar-refractivity contribution in [2.75, 3.05) is 11.1 Å². The highest BCUT2D eigenvalue weighted by molar-refractivity contribution is 6.26. The molecule has 25 heavy (non-hydrogen) atoms. The van der Waals surface area contributed by atoms with E-state index >= 15 is 0 Å². The zero-order valence-electron chi connectivity index (χ0n) is 14.8. The molecule has 0 aliphatic heterocycles. The minimum absolute atomic E-state index is 0.0472. The molecule has 2 rings (SSSR count). The van der Waals surface area contributed by atoms with Crippen molar-refractivity contribution in [3.63, 3.8) is 0 Å². The average molecular weight is 342 g/mol. The number of nitrogens with two attached hydrogens (primary N) is 1. The molecular weight excluding hydrogens is 320 g/mol. The van der Waals surface area contributed by atoms with Gasteiger partial charge in [0.15, 0.2) is 5.78 Å². The Balaban J connectivity index is 2.43. The summed E-state index contributed by atoms with van der Waals surface area (Å²) in [6.07, 6.45) is 3.32. The van der Waals surface area contributed by atoms with Crippen LogP contribution in [-0.2, 0) is 16.1 Å². The molecule has 0 aliphatic carbocycles. The fourth-order valence-corrected chi connectivity index (χ4v) is 2.44. The van der Waals surface area contributed by atoms with Gasteiger partial charge in [-0.05, 0) is 26.8 Å². The van der Waals surface area contributed by atoms with Crippen LogP contribution in [0.5, 0.6) is 0 Å². The van der Waals surface area contributed by atoms with Gasteiger partial charge in [0.25, 0.3) is 5.91 Å². The van der Waals surface area contributed by atoms with Crippen LogP contribution in [0.4, 0.5) is 11.8 Å². The zero-order chi connectivity index (χ0) is 18.6. The highest BCUT2D eigenvalue weighted by Gasteiger charge is 2.19. The predicted molar refractivity (Wildman–Crippen MR) is 95.7 cm³/mol. The lowest BCUT2D eigenvalue weighted by molar-refractivity contribution is -0.119. The molecule has 8 nitrogen and oxygen atoms in total. The molecule has 1 amide bonds. The number of hydrogen-bond donors (Lipinski definition) is 2. The maximum absolute atomic E-state index is 12.7. The highest BCUT2D eigenvalue weighted by Crippen LogP contribution is 2.18. The molecule has 0 unspecified atom stereocenters. The first kappa shape index (κ1) is 18.3. The van der Waals surface area contributed by atoms with Gasteiger partial charge < -0.3 is 11.1 Å². The lowest BCUT2D eigenvalue weighted by Gasteiger charge is -2.11. The van der Waals surface area contributed by atoms with E-state index in [1.807, 2.05) is 6.92 Å². The predicted octanol–water partition coefficient (Wildman–Crippen LogP) is 1.89. The number of aromatic nitrogens is 4. The summed E-state index contributed by atoms with van der Waals surface area (Å²) in [4.78, 5) is 33.2. The Morgan fingerprint density at radius 2 is 1.88 bits per heavy atom. The fourth-order valence-electron chi connectivity index (χ4n) is 2.44. The third kappa shape index (κ3) is 4.09. The molecule has 3 N–H and O–H groups in total. The number of amides is 1. The average Bonchev–Trinajstić information content (AvgIpc) is 3.00. The van der Waals surface area contributed by atoms with E-state index in [0.29, 0.717) is 29.3 Å². The molecule has 8 heteroatoms. The molecule has 0 bridgehead atoms. The van der Waals surface area contributed by atoms with E-state index in [2.05, 4.69) is 20.4 Å². The van der Waals surface area contributed by atoms with Crippen LogP contribution in [-0.4, -0.2) is 31.4 Å². The Morgan fingerprint density at radius 1 is 1.24 bits per heavy atom.